The molecule has 0 bridgehead atoms. The molecule has 0 aliphatic heterocycles. The predicted octanol–water partition coefficient (Wildman–Crippen LogP) is 7.43. The number of phosphoric acid groups is 1. The summed E-state index contributed by atoms with van der Waals surface area (Å²) in [6.45, 7) is 3.96. The van der Waals surface area contributed by atoms with Crippen molar-refractivity contribution in [1.82, 2.24) is 5.32 Å². The summed E-state index contributed by atoms with van der Waals surface area (Å²) in [6, 6.07) is -0.809. The van der Waals surface area contributed by atoms with E-state index in [0.29, 0.717) is 12.8 Å². The van der Waals surface area contributed by atoms with Gasteiger partial charge < -0.3 is 21.1 Å². The summed E-state index contributed by atoms with van der Waals surface area (Å²) in [5.41, 5.74) is 5.32. The standard InChI is InChI=1S/C32H59N2O6P/c1-3-5-7-9-11-13-14-15-16-18-20-22-24-26-32(36)34-30(29-40-41(37,38)39-28-27-33)31(35)25-23-21-19-17-12-10-8-6-4-2/h5,7,11,13,15-16,20,22,30-31,35H,3-4,6,8-10,12,14,17-19,21,23-29,33H2,1-2H3,(H,34,36)(H,37,38)/b7-5-,13-11-,16-15-,22-20-. The molecule has 1 amide bonds. The summed E-state index contributed by atoms with van der Waals surface area (Å²) < 4.78 is 21.9. The van der Waals surface area contributed by atoms with E-state index in [1.807, 2.05) is 12.2 Å². The summed E-state index contributed by atoms with van der Waals surface area (Å²) in [5, 5.41) is 13.5. The third kappa shape index (κ3) is 27.1. The van der Waals surface area contributed by atoms with E-state index in [9.17, 15) is 19.4 Å². The number of phosphoric ester groups is 1. The second kappa shape index (κ2) is 28.6. The Balaban J connectivity index is 4.51. The number of nitrogens with two attached hydrogens (primary N) is 1. The molecule has 0 saturated carbocycles. The zero-order valence-corrected chi connectivity index (χ0v) is 26.7. The van der Waals surface area contributed by atoms with Gasteiger partial charge in [-0.3, -0.25) is 13.8 Å². The molecule has 8 nitrogen and oxygen atoms in total. The number of allylic oxidation sites excluding steroid dienone is 8. The van der Waals surface area contributed by atoms with Gasteiger partial charge in [-0.25, -0.2) is 4.57 Å². The van der Waals surface area contributed by atoms with E-state index in [1.54, 1.807) is 0 Å². The van der Waals surface area contributed by atoms with Gasteiger partial charge in [0.15, 0.2) is 0 Å². The van der Waals surface area contributed by atoms with E-state index in [4.69, 9.17) is 14.8 Å². The van der Waals surface area contributed by atoms with Gasteiger partial charge in [0.2, 0.25) is 5.91 Å². The summed E-state index contributed by atoms with van der Waals surface area (Å²) in [6.07, 6.45) is 31.4. The minimum absolute atomic E-state index is 0.0760. The number of aliphatic hydroxyl groups excluding tert-OH is 1. The number of amides is 1. The fraction of sp³-hybridized carbons (Fsp3) is 0.719. The Kier molecular flexibility index (Phi) is 27.5. The Labute approximate surface area is 250 Å². The largest absolute Gasteiger partial charge is 0.472 e. The van der Waals surface area contributed by atoms with E-state index in [0.717, 1.165) is 44.9 Å². The lowest BCUT2D eigenvalue weighted by Crippen LogP contribution is -2.46. The van der Waals surface area contributed by atoms with Crippen molar-refractivity contribution in [2.24, 2.45) is 5.73 Å². The number of aliphatic hydroxyl groups is 1. The van der Waals surface area contributed by atoms with Crippen LogP contribution in [0.25, 0.3) is 0 Å². The SMILES string of the molecule is CC/C=C\C/C=C\C/C=C\C/C=C\CCC(=O)NC(COP(=O)(O)OCCN)C(O)CCCCCCCCCCC. The van der Waals surface area contributed by atoms with Gasteiger partial charge >= 0.3 is 7.82 Å². The van der Waals surface area contributed by atoms with Gasteiger partial charge in [0, 0.05) is 13.0 Å². The molecule has 0 radical (unpaired) electrons. The fourth-order valence-electron chi connectivity index (χ4n) is 4.09. The third-order valence-corrected chi connectivity index (χ3v) is 7.44. The number of carbonyl (C=O) groups excluding carboxylic acids is 1. The second-order valence-electron chi connectivity index (χ2n) is 10.3. The van der Waals surface area contributed by atoms with Gasteiger partial charge in [-0.15, -0.1) is 0 Å². The lowest BCUT2D eigenvalue weighted by Gasteiger charge is -2.25. The molecule has 0 fully saturated rings. The number of hydrogen-bond acceptors (Lipinski definition) is 6. The molecule has 0 aromatic heterocycles. The van der Waals surface area contributed by atoms with Crippen LogP contribution in [-0.4, -0.2) is 47.8 Å². The molecular formula is C32H59N2O6P. The minimum Gasteiger partial charge on any atom is -0.391 e. The average molecular weight is 599 g/mol. The molecule has 0 aromatic rings. The molecule has 0 aliphatic rings. The van der Waals surface area contributed by atoms with Crippen LogP contribution in [0.15, 0.2) is 48.6 Å². The van der Waals surface area contributed by atoms with Gasteiger partial charge in [0.1, 0.15) is 0 Å². The zero-order chi connectivity index (χ0) is 30.4. The number of nitrogens with one attached hydrogen (secondary N) is 1. The monoisotopic (exact) mass is 598 g/mol. The van der Waals surface area contributed by atoms with Gasteiger partial charge in [-0.05, 0) is 38.5 Å². The highest BCUT2D eigenvalue weighted by molar-refractivity contribution is 7.47. The van der Waals surface area contributed by atoms with Crippen molar-refractivity contribution in [3.8, 4) is 0 Å². The van der Waals surface area contributed by atoms with Crippen LogP contribution in [0.4, 0.5) is 0 Å². The van der Waals surface area contributed by atoms with Crippen LogP contribution in [0.3, 0.4) is 0 Å². The Morgan fingerprint density at radius 1 is 0.829 bits per heavy atom. The van der Waals surface area contributed by atoms with Crippen LogP contribution >= 0.6 is 7.82 Å². The second-order valence-corrected chi connectivity index (χ2v) is 11.7. The summed E-state index contributed by atoms with van der Waals surface area (Å²) in [5.74, 6) is -0.247. The van der Waals surface area contributed by atoms with E-state index in [2.05, 4.69) is 55.6 Å². The number of rotatable bonds is 28. The van der Waals surface area contributed by atoms with Crippen molar-refractivity contribution in [3.63, 3.8) is 0 Å². The topological polar surface area (TPSA) is 131 Å². The molecular weight excluding hydrogens is 539 g/mol. The summed E-state index contributed by atoms with van der Waals surface area (Å²) in [4.78, 5) is 22.4. The molecule has 0 heterocycles. The van der Waals surface area contributed by atoms with Crippen LogP contribution in [0.1, 0.15) is 117 Å². The minimum atomic E-state index is -4.32. The van der Waals surface area contributed by atoms with Crippen LogP contribution in [0.2, 0.25) is 0 Å². The van der Waals surface area contributed by atoms with Crippen molar-refractivity contribution in [3.05, 3.63) is 48.6 Å². The van der Waals surface area contributed by atoms with E-state index in [-0.39, 0.29) is 32.1 Å². The normalized spacial score (nSPS) is 15.3. The van der Waals surface area contributed by atoms with E-state index < -0.39 is 20.0 Å². The van der Waals surface area contributed by atoms with Crippen molar-refractivity contribution in [2.45, 2.75) is 129 Å². The van der Waals surface area contributed by atoms with Crippen LogP contribution in [0, 0.1) is 0 Å². The fourth-order valence-corrected chi connectivity index (χ4v) is 4.84. The van der Waals surface area contributed by atoms with Crippen LogP contribution in [-0.2, 0) is 18.4 Å². The van der Waals surface area contributed by atoms with Gasteiger partial charge in [-0.2, -0.15) is 0 Å². The van der Waals surface area contributed by atoms with E-state index >= 15 is 0 Å². The highest BCUT2D eigenvalue weighted by atomic mass is 31.2. The average Bonchev–Trinajstić information content (AvgIpc) is 2.95. The first-order valence-corrected chi connectivity index (χ1v) is 17.2. The van der Waals surface area contributed by atoms with Crippen LogP contribution < -0.4 is 11.1 Å². The Morgan fingerprint density at radius 3 is 1.93 bits per heavy atom. The lowest BCUT2D eigenvalue weighted by atomic mass is 10.0. The number of carbonyl (C=O) groups is 1. The number of unbranched alkanes of at least 4 members (excludes halogenated alkanes) is 8. The highest BCUT2D eigenvalue weighted by Crippen LogP contribution is 2.43. The highest BCUT2D eigenvalue weighted by Gasteiger charge is 2.27. The summed E-state index contributed by atoms with van der Waals surface area (Å²) >= 11 is 0. The smallest absolute Gasteiger partial charge is 0.391 e. The maximum atomic E-state index is 12.6. The molecule has 0 saturated heterocycles. The first kappa shape index (κ1) is 39.5. The van der Waals surface area contributed by atoms with Gasteiger partial charge in [0.25, 0.3) is 0 Å². The van der Waals surface area contributed by atoms with Gasteiger partial charge in [-0.1, -0.05) is 120 Å². The molecule has 238 valence electrons. The molecule has 3 atom stereocenters. The van der Waals surface area contributed by atoms with Crippen molar-refractivity contribution < 1.29 is 28.4 Å². The maximum absolute atomic E-state index is 12.6. The molecule has 0 aliphatic carbocycles. The van der Waals surface area contributed by atoms with Crippen molar-refractivity contribution in [1.29, 1.82) is 0 Å². The summed E-state index contributed by atoms with van der Waals surface area (Å²) in [7, 11) is -4.32. The molecule has 9 heteroatoms. The molecule has 0 rings (SSSR count). The quantitative estimate of drug-likeness (QED) is 0.0418. The maximum Gasteiger partial charge on any atom is 0.472 e. The van der Waals surface area contributed by atoms with Gasteiger partial charge in [0.05, 0.1) is 25.4 Å². The zero-order valence-electron chi connectivity index (χ0n) is 25.8. The van der Waals surface area contributed by atoms with E-state index in [1.165, 1.54) is 38.5 Å². The molecule has 0 aromatic carbocycles. The first-order chi connectivity index (χ1) is 19.9. The molecule has 0 spiro atoms. The Hall–Kier alpha value is -1.54. The molecule has 5 N–H and O–H groups in total. The third-order valence-electron chi connectivity index (χ3n) is 6.46. The lowest BCUT2D eigenvalue weighted by molar-refractivity contribution is -0.123. The number of hydrogen-bond donors (Lipinski definition) is 4. The molecule has 41 heavy (non-hydrogen) atoms. The van der Waals surface area contributed by atoms with Crippen LogP contribution in [0.5, 0.6) is 0 Å². The Morgan fingerprint density at radius 2 is 1.37 bits per heavy atom. The predicted molar refractivity (Wildman–Crippen MR) is 171 cm³/mol. The Bertz CT molecular complexity index is 784. The van der Waals surface area contributed by atoms with Crippen molar-refractivity contribution >= 4 is 13.7 Å². The first-order valence-electron chi connectivity index (χ1n) is 15.8. The molecule has 3 unspecified atom stereocenters. The van der Waals surface area contributed by atoms with Crippen molar-refractivity contribution in [2.75, 3.05) is 19.8 Å².